The van der Waals surface area contributed by atoms with Gasteiger partial charge in [0.05, 0.1) is 10.6 Å². The van der Waals surface area contributed by atoms with Gasteiger partial charge in [0, 0.05) is 28.5 Å². The van der Waals surface area contributed by atoms with Crippen molar-refractivity contribution < 1.29 is 4.92 Å². The molecule has 2 heterocycles. The average Bonchev–Trinajstić information content (AvgIpc) is 2.82. The van der Waals surface area contributed by atoms with Gasteiger partial charge in [-0.2, -0.15) is 0 Å². The van der Waals surface area contributed by atoms with Gasteiger partial charge >= 0.3 is 0 Å². The summed E-state index contributed by atoms with van der Waals surface area (Å²) in [7, 11) is 0. The van der Waals surface area contributed by atoms with E-state index in [1.165, 1.54) is 12.1 Å². The van der Waals surface area contributed by atoms with Crippen molar-refractivity contribution in [2.75, 3.05) is 0 Å². The molecule has 0 fully saturated rings. The highest BCUT2D eigenvalue weighted by Gasteiger charge is 2.15. The summed E-state index contributed by atoms with van der Waals surface area (Å²) in [6.07, 6.45) is 3.73. The smallest absolute Gasteiger partial charge is 0.288 e. The summed E-state index contributed by atoms with van der Waals surface area (Å²) in [5, 5.41) is 11.1. The van der Waals surface area contributed by atoms with Gasteiger partial charge < -0.3 is 4.40 Å². The molecular weight excluding hydrogens is 358 g/mol. The van der Waals surface area contributed by atoms with Crippen LogP contribution in [0.3, 0.4) is 0 Å². The number of hydrogen-bond donors (Lipinski definition) is 0. The number of rotatable bonds is 2. The minimum absolute atomic E-state index is 0.117. The standard InChI is InChI=1S/C14H9BrClN3O2/c1-8-4-14-17-12(7-18(14)6-10(8)15)9-2-3-11(16)13(5-9)19(20)21/h2-7H,1H3. The van der Waals surface area contributed by atoms with Gasteiger partial charge in [-0.15, -0.1) is 0 Å². The first-order chi connectivity index (χ1) is 9.95. The molecule has 1 aromatic carbocycles. The van der Waals surface area contributed by atoms with Crippen molar-refractivity contribution in [2.24, 2.45) is 0 Å². The first-order valence-corrected chi connectivity index (χ1v) is 7.22. The molecule has 0 aliphatic carbocycles. The number of nitro groups is 1. The number of fused-ring (bicyclic) bond motifs is 1. The molecule has 0 unspecified atom stereocenters. The van der Waals surface area contributed by atoms with Gasteiger partial charge in [-0.05, 0) is 40.5 Å². The van der Waals surface area contributed by atoms with Crippen LogP contribution >= 0.6 is 27.5 Å². The number of aromatic nitrogens is 2. The molecule has 2 aromatic heterocycles. The van der Waals surface area contributed by atoms with E-state index in [4.69, 9.17) is 11.6 Å². The lowest BCUT2D eigenvalue weighted by Crippen LogP contribution is -1.89. The predicted octanol–water partition coefficient (Wildman–Crippen LogP) is 4.63. The van der Waals surface area contributed by atoms with Gasteiger partial charge in [0.15, 0.2) is 0 Å². The Morgan fingerprint density at radius 2 is 2.10 bits per heavy atom. The fourth-order valence-electron chi connectivity index (χ4n) is 2.06. The number of nitro benzene ring substituents is 1. The number of imidazole rings is 1. The Bertz CT molecular complexity index is 837. The van der Waals surface area contributed by atoms with Crippen LogP contribution in [-0.4, -0.2) is 14.3 Å². The second-order valence-electron chi connectivity index (χ2n) is 4.62. The Morgan fingerprint density at radius 3 is 2.81 bits per heavy atom. The molecule has 5 nitrogen and oxygen atoms in total. The molecule has 0 atom stereocenters. The van der Waals surface area contributed by atoms with Crippen LogP contribution in [0.2, 0.25) is 5.02 Å². The van der Waals surface area contributed by atoms with Crippen LogP contribution in [0.15, 0.2) is 41.1 Å². The largest absolute Gasteiger partial charge is 0.305 e. The fourth-order valence-corrected chi connectivity index (χ4v) is 2.58. The van der Waals surface area contributed by atoms with Crippen molar-refractivity contribution in [1.29, 1.82) is 0 Å². The van der Waals surface area contributed by atoms with Crippen LogP contribution < -0.4 is 0 Å². The zero-order valence-corrected chi connectivity index (χ0v) is 13.2. The van der Waals surface area contributed by atoms with Crippen LogP contribution in [-0.2, 0) is 0 Å². The Morgan fingerprint density at radius 1 is 1.33 bits per heavy atom. The number of halogens is 2. The van der Waals surface area contributed by atoms with Crippen LogP contribution in [0.1, 0.15) is 5.56 Å². The van der Waals surface area contributed by atoms with E-state index in [2.05, 4.69) is 20.9 Å². The predicted molar refractivity (Wildman–Crippen MR) is 84.7 cm³/mol. The summed E-state index contributed by atoms with van der Waals surface area (Å²) in [6, 6.07) is 6.61. The van der Waals surface area contributed by atoms with Crippen LogP contribution in [0.4, 0.5) is 5.69 Å². The molecule has 0 aliphatic rings. The molecule has 3 rings (SSSR count). The van der Waals surface area contributed by atoms with Crippen molar-refractivity contribution in [2.45, 2.75) is 6.92 Å². The van der Waals surface area contributed by atoms with E-state index < -0.39 is 4.92 Å². The van der Waals surface area contributed by atoms with Crippen LogP contribution in [0, 0.1) is 17.0 Å². The van der Waals surface area contributed by atoms with E-state index in [9.17, 15) is 10.1 Å². The van der Waals surface area contributed by atoms with Gasteiger partial charge in [0.1, 0.15) is 10.7 Å². The number of benzene rings is 1. The van der Waals surface area contributed by atoms with Crippen molar-refractivity contribution in [1.82, 2.24) is 9.38 Å². The first kappa shape index (κ1) is 14.0. The van der Waals surface area contributed by atoms with E-state index in [1.54, 1.807) is 6.07 Å². The normalized spacial score (nSPS) is 11.0. The SMILES string of the molecule is Cc1cc2nc(-c3ccc(Cl)c([N+](=O)[O-])c3)cn2cc1Br. The lowest BCUT2D eigenvalue weighted by molar-refractivity contribution is -0.384. The maximum Gasteiger partial charge on any atom is 0.288 e. The van der Waals surface area contributed by atoms with Crippen molar-refractivity contribution in [3.8, 4) is 11.3 Å². The molecule has 0 spiro atoms. The van der Waals surface area contributed by atoms with E-state index in [1.807, 2.05) is 29.8 Å². The van der Waals surface area contributed by atoms with Crippen molar-refractivity contribution in [3.63, 3.8) is 0 Å². The third kappa shape index (κ3) is 2.52. The lowest BCUT2D eigenvalue weighted by atomic mass is 10.1. The summed E-state index contributed by atoms with van der Waals surface area (Å²) in [5.41, 5.74) is 3.05. The molecular formula is C14H9BrClN3O2. The monoisotopic (exact) mass is 365 g/mol. The zero-order valence-electron chi connectivity index (χ0n) is 10.9. The highest BCUT2D eigenvalue weighted by atomic mass is 79.9. The molecule has 0 amide bonds. The number of pyridine rings is 1. The van der Waals surface area contributed by atoms with Crippen LogP contribution in [0.5, 0.6) is 0 Å². The van der Waals surface area contributed by atoms with Gasteiger partial charge in [0.25, 0.3) is 5.69 Å². The molecule has 0 radical (unpaired) electrons. The number of nitrogens with zero attached hydrogens (tertiary/aromatic N) is 3. The third-order valence-electron chi connectivity index (χ3n) is 3.17. The third-order valence-corrected chi connectivity index (χ3v) is 4.32. The summed E-state index contributed by atoms with van der Waals surface area (Å²) >= 11 is 9.29. The second-order valence-corrected chi connectivity index (χ2v) is 5.88. The highest BCUT2D eigenvalue weighted by molar-refractivity contribution is 9.10. The summed E-state index contributed by atoms with van der Waals surface area (Å²) < 4.78 is 2.84. The average molecular weight is 367 g/mol. The van der Waals surface area contributed by atoms with Gasteiger partial charge in [-0.3, -0.25) is 10.1 Å². The van der Waals surface area contributed by atoms with Crippen molar-refractivity contribution >= 4 is 38.9 Å². The van der Waals surface area contributed by atoms with Crippen LogP contribution in [0.25, 0.3) is 16.9 Å². The zero-order chi connectivity index (χ0) is 15.1. The molecule has 7 heteroatoms. The maximum absolute atomic E-state index is 11.0. The quantitative estimate of drug-likeness (QED) is 0.490. The molecule has 0 aliphatic heterocycles. The summed E-state index contributed by atoms with van der Waals surface area (Å²) in [5.74, 6) is 0. The fraction of sp³-hybridized carbons (Fsp3) is 0.0714. The molecule has 21 heavy (non-hydrogen) atoms. The molecule has 0 saturated carbocycles. The molecule has 106 valence electrons. The molecule has 0 bridgehead atoms. The Kier molecular flexibility index (Phi) is 3.43. The number of hydrogen-bond acceptors (Lipinski definition) is 3. The van der Waals surface area contributed by atoms with E-state index >= 15 is 0 Å². The molecule has 0 saturated heterocycles. The van der Waals surface area contributed by atoms with Gasteiger partial charge in [-0.25, -0.2) is 4.98 Å². The Labute approximate surface area is 133 Å². The molecule has 3 aromatic rings. The topological polar surface area (TPSA) is 60.4 Å². The Balaban J connectivity index is 2.16. The first-order valence-electron chi connectivity index (χ1n) is 6.05. The molecule has 0 N–H and O–H groups in total. The van der Waals surface area contributed by atoms with E-state index in [0.29, 0.717) is 11.3 Å². The van der Waals surface area contributed by atoms with E-state index in [0.717, 1.165) is 15.7 Å². The van der Waals surface area contributed by atoms with E-state index in [-0.39, 0.29) is 10.7 Å². The number of aryl methyl sites for hydroxylation is 1. The highest BCUT2D eigenvalue weighted by Crippen LogP contribution is 2.30. The maximum atomic E-state index is 11.0. The second kappa shape index (κ2) is 5.13. The summed E-state index contributed by atoms with van der Waals surface area (Å²) in [4.78, 5) is 14.9. The van der Waals surface area contributed by atoms with Gasteiger partial charge in [-0.1, -0.05) is 17.7 Å². The summed E-state index contributed by atoms with van der Waals surface area (Å²) in [6.45, 7) is 1.98. The minimum atomic E-state index is -0.498. The minimum Gasteiger partial charge on any atom is -0.305 e. The Hall–Kier alpha value is -1.92. The lowest BCUT2D eigenvalue weighted by Gasteiger charge is -1.98. The van der Waals surface area contributed by atoms with Crippen molar-refractivity contribution in [3.05, 3.63) is 61.8 Å². The van der Waals surface area contributed by atoms with Gasteiger partial charge in [0.2, 0.25) is 0 Å².